The average molecular weight is 218 g/mol. The van der Waals surface area contributed by atoms with E-state index in [9.17, 15) is 4.79 Å². The van der Waals surface area contributed by atoms with Gasteiger partial charge < -0.3 is 0 Å². The summed E-state index contributed by atoms with van der Waals surface area (Å²) in [6.07, 6.45) is 1.98. The van der Waals surface area contributed by atoms with Crippen molar-refractivity contribution in [2.75, 3.05) is 0 Å². The molecule has 1 rings (SSSR count). The third kappa shape index (κ3) is 2.96. The Morgan fingerprint density at radius 1 is 1.50 bits per heavy atom. The van der Waals surface area contributed by atoms with Crippen molar-refractivity contribution >= 4 is 5.78 Å². The van der Waals surface area contributed by atoms with E-state index in [0.717, 1.165) is 24.4 Å². The van der Waals surface area contributed by atoms with Gasteiger partial charge >= 0.3 is 0 Å². The highest BCUT2D eigenvalue weighted by atomic mass is 16.1. The molecule has 0 radical (unpaired) electrons. The van der Waals surface area contributed by atoms with Gasteiger partial charge in [0.25, 0.3) is 0 Å². The van der Waals surface area contributed by atoms with E-state index in [1.807, 2.05) is 19.9 Å². The molecule has 3 heteroatoms. The Bertz CT molecular complexity index is 421. The summed E-state index contributed by atoms with van der Waals surface area (Å²) in [5.74, 6) is 5.84. The summed E-state index contributed by atoms with van der Waals surface area (Å²) in [4.78, 5) is 11.9. The number of nitrogens with zero attached hydrogens (tertiary/aromatic N) is 2. The third-order valence-electron chi connectivity index (χ3n) is 2.43. The van der Waals surface area contributed by atoms with E-state index in [1.54, 1.807) is 11.6 Å². The molecule has 0 saturated carbocycles. The van der Waals surface area contributed by atoms with Crippen LogP contribution < -0.4 is 0 Å². The molecule has 0 aliphatic rings. The Balaban J connectivity index is 2.79. The standard InChI is InChI=1S/C13H18N2O/c1-4-7-8-9-13(16)12-10-11(5-2)14-15(12)6-3/h10H,5-6,8-9H2,1-3H3. The first-order valence-electron chi connectivity index (χ1n) is 5.72. The predicted molar refractivity (Wildman–Crippen MR) is 64.3 cm³/mol. The number of aryl methyl sites for hydroxylation is 2. The monoisotopic (exact) mass is 218 g/mol. The van der Waals surface area contributed by atoms with E-state index in [4.69, 9.17) is 0 Å². The smallest absolute Gasteiger partial charge is 0.181 e. The largest absolute Gasteiger partial charge is 0.292 e. The molecule has 1 heterocycles. The van der Waals surface area contributed by atoms with Gasteiger partial charge in [-0.2, -0.15) is 5.10 Å². The summed E-state index contributed by atoms with van der Waals surface area (Å²) < 4.78 is 1.78. The zero-order chi connectivity index (χ0) is 12.0. The molecule has 0 aliphatic heterocycles. The van der Waals surface area contributed by atoms with Gasteiger partial charge in [0, 0.05) is 19.4 Å². The maximum atomic E-state index is 11.9. The van der Waals surface area contributed by atoms with Gasteiger partial charge in [-0.15, -0.1) is 11.8 Å². The maximum absolute atomic E-state index is 11.9. The zero-order valence-electron chi connectivity index (χ0n) is 10.2. The van der Waals surface area contributed by atoms with Crippen molar-refractivity contribution < 1.29 is 4.79 Å². The minimum Gasteiger partial charge on any atom is -0.292 e. The number of carbonyl (C=O) groups is 1. The van der Waals surface area contributed by atoms with Crippen molar-refractivity contribution in [3.05, 3.63) is 17.5 Å². The van der Waals surface area contributed by atoms with Gasteiger partial charge in [-0.3, -0.25) is 9.48 Å². The van der Waals surface area contributed by atoms with Gasteiger partial charge in [-0.05, 0) is 26.3 Å². The minimum atomic E-state index is 0.136. The lowest BCUT2D eigenvalue weighted by Crippen LogP contribution is -2.09. The van der Waals surface area contributed by atoms with Crippen LogP contribution in [0.25, 0.3) is 0 Å². The molecule has 0 saturated heterocycles. The summed E-state index contributed by atoms with van der Waals surface area (Å²) in [7, 11) is 0. The van der Waals surface area contributed by atoms with Crippen LogP contribution in [0.15, 0.2) is 6.07 Å². The number of hydrogen-bond acceptors (Lipinski definition) is 2. The highest BCUT2D eigenvalue weighted by Crippen LogP contribution is 2.09. The number of aromatic nitrogens is 2. The summed E-state index contributed by atoms with van der Waals surface area (Å²) in [6, 6.07) is 1.89. The molecule has 0 aliphatic carbocycles. The first-order valence-corrected chi connectivity index (χ1v) is 5.72. The Labute approximate surface area is 96.8 Å². The van der Waals surface area contributed by atoms with Gasteiger partial charge in [-0.1, -0.05) is 6.92 Å². The molecular formula is C13H18N2O. The van der Waals surface area contributed by atoms with Crippen LogP contribution >= 0.6 is 0 Å². The van der Waals surface area contributed by atoms with E-state index < -0.39 is 0 Å². The van der Waals surface area contributed by atoms with Crippen LogP contribution in [0.1, 0.15) is 49.8 Å². The topological polar surface area (TPSA) is 34.9 Å². The van der Waals surface area contributed by atoms with E-state index in [2.05, 4.69) is 16.9 Å². The molecule has 3 nitrogen and oxygen atoms in total. The second kappa shape index (κ2) is 6.12. The lowest BCUT2D eigenvalue weighted by molar-refractivity contribution is 0.0974. The van der Waals surface area contributed by atoms with Crippen LogP contribution in [0.2, 0.25) is 0 Å². The summed E-state index contributed by atoms with van der Waals surface area (Å²) >= 11 is 0. The zero-order valence-corrected chi connectivity index (χ0v) is 10.2. The average Bonchev–Trinajstić information content (AvgIpc) is 2.72. The van der Waals surface area contributed by atoms with Crippen LogP contribution in [0.3, 0.4) is 0 Å². The fourth-order valence-corrected chi connectivity index (χ4v) is 1.54. The van der Waals surface area contributed by atoms with Crippen LogP contribution in [0, 0.1) is 11.8 Å². The molecule has 0 bridgehead atoms. The molecule has 0 fully saturated rings. The van der Waals surface area contributed by atoms with Gasteiger partial charge in [-0.25, -0.2) is 0 Å². The molecule has 86 valence electrons. The molecule has 0 aromatic carbocycles. The molecular weight excluding hydrogens is 200 g/mol. The van der Waals surface area contributed by atoms with Crippen LogP contribution in [0.5, 0.6) is 0 Å². The normalized spacial score (nSPS) is 9.69. The molecule has 1 aromatic heterocycles. The van der Waals surface area contributed by atoms with Crippen LogP contribution in [0.4, 0.5) is 0 Å². The molecule has 1 aromatic rings. The predicted octanol–water partition coefficient (Wildman–Crippen LogP) is 2.45. The van der Waals surface area contributed by atoms with Gasteiger partial charge in [0.15, 0.2) is 5.78 Å². The second-order valence-electron chi connectivity index (χ2n) is 3.54. The third-order valence-corrected chi connectivity index (χ3v) is 2.43. The van der Waals surface area contributed by atoms with Crippen molar-refractivity contribution in [3.8, 4) is 11.8 Å². The summed E-state index contributed by atoms with van der Waals surface area (Å²) in [5.41, 5.74) is 1.70. The van der Waals surface area contributed by atoms with Crippen LogP contribution in [-0.4, -0.2) is 15.6 Å². The Kier molecular flexibility index (Phi) is 4.78. The highest BCUT2D eigenvalue weighted by Gasteiger charge is 2.12. The summed E-state index contributed by atoms with van der Waals surface area (Å²) in [5, 5.41) is 4.36. The lowest BCUT2D eigenvalue weighted by Gasteiger charge is -2.01. The quantitative estimate of drug-likeness (QED) is 0.562. The number of hydrogen-bond donors (Lipinski definition) is 0. The molecule has 0 atom stereocenters. The van der Waals surface area contributed by atoms with E-state index in [1.165, 1.54) is 0 Å². The summed E-state index contributed by atoms with van der Waals surface area (Å²) in [6.45, 7) is 6.56. The van der Waals surface area contributed by atoms with E-state index >= 15 is 0 Å². The second-order valence-corrected chi connectivity index (χ2v) is 3.54. The molecule has 0 N–H and O–H groups in total. The number of ketones is 1. The Morgan fingerprint density at radius 2 is 2.25 bits per heavy atom. The first kappa shape index (κ1) is 12.5. The van der Waals surface area contributed by atoms with Gasteiger partial charge in [0.2, 0.25) is 0 Å². The van der Waals surface area contributed by atoms with E-state index in [-0.39, 0.29) is 5.78 Å². The fraction of sp³-hybridized carbons (Fsp3) is 0.538. The minimum absolute atomic E-state index is 0.136. The molecule has 16 heavy (non-hydrogen) atoms. The van der Waals surface area contributed by atoms with E-state index in [0.29, 0.717) is 12.8 Å². The SMILES string of the molecule is CC#CCCC(=O)c1cc(CC)nn1CC. The van der Waals surface area contributed by atoms with Crippen molar-refractivity contribution in [2.45, 2.75) is 46.6 Å². The number of rotatable bonds is 5. The Morgan fingerprint density at radius 3 is 2.81 bits per heavy atom. The lowest BCUT2D eigenvalue weighted by atomic mass is 10.1. The van der Waals surface area contributed by atoms with Crippen molar-refractivity contribution in [1.82, 2.24) is 9.78 Å². The number of carbonyl (C=O) groups excluding carboxylic acids is 1. The number of Topliss-reactive ketones (excluding diaryl/α,β-unsaturated/α-hetero) is 1. The van der Waals surface area contributed by atoms with Crippen LogP contribution in [-0.2, 0) is 13.0 Å². The van der Waals surface area contributed by atoms with Crippen molar-refractivity contribution in [1.29, 1.82) is 0 Å². The van der Waals surface area contributed by atoms with Crippen molar-refractivity contribution in [2.24, 2.45) is 0 Å². The Hall–Kier alpha value is -1.56. The molecule has 0 spiro atoms. The first-order chi connectivity index (χ1) is 7.72. The highest BCUT2D eigenvalue weighted by molar-refractivity contribution is 5.94. The maximum Gasteiger partial charge on any atom is 0.181 e. The van der Waals surface area contributed by atoms with Gasteiger partial charge in [0.05, 0.1) is 5.69 Å². The molecule has 0 amide bonds. The van der Waals surface area contributed by atoms with Crippen molar-refractivity contribution in [3.63, 3.8) is 0 Å². The van der Waals surface area contributed by atoms with Gasteiger partial charge in [0.1, 0.15) is 5.69 Å². The fourth-order valence-electron chi connectivity index (χ4n) is 1.54. The molecule has 0 unspecified atom stereocenters.